The quantitative estimate of drug-likeness (QED) is 0.0332. The fourth-order valence-corrected chi connectivity index (χ4v) is 6.56. The van der Waals surface area contributed by atoms with E-state index in [9.17, 15) is 40.9 Å². The Labute approximate surface area is 356 Å². The molecule has 0 aromatic rings. The Morgan fingerprint density at radius 3 is 1.02 bits per heavy atom. The average molecular weight is 821 g/mol. The van der Waals surface area contributed by atoms with Gasteiger partial charge in [0.25, 0.3) is 0 Å². The van der Waals surface area contributed by atoms with Crippen molar-refractivity contribution in [2.75, 3.05) is 0 Å². The lowest BCUT2D eigenvalue weighted by molar-refractivity contribution is -0.0744. The molecule has 0 rings (SSSR count). The van der Waals surface area contributed by atoms with E-state index in [4.69, 9.17) is 0 Å². The molecule has 8 heteroatoms. The Hall–Kier alpha value is -1.88. The van der Waals surface area contributed by atoms with E-state index in [2.05, 4.69) is 65.2 Å². The molecule has 0 spiro atoms. The molecule has 0 saturated heterocycles. The summed E-state index contributed by atoms with van der Waals surface area (Å²) in [6, 6.07) is 0. The number of rotatable bonds is 30. The van der Waals surface area contributed by atoms with E-state index < -0.39 is 45.8 Å². The second kappa shape index (κ2) is 27.9. The minimum absolute atomic E-state index is 0.456. The van der Waals surface area contributed by atoms with Crippen LogP contribution in [0.25, 0.3) is 0 Å². The molecule has 8 atom stereocenters. The van der Waals surface area contributed by atoms with E-state index in [-0.39, 0.29) is 0 Å². The fourth-order valence-electron chi connectivity index (χ4n) is 6.56. The molecule has 0 saturated carbocycles. The number of hydrogen-bond acceptors (Lipinski definition) is 8. The second-order valence-corrected chi connectivity index (χ2v) is 19.5. The zero-order chi connectivity index (χ0) is 45.4. The summed E-state index contributed by atoms with van der Waals surface area (Å²) in [6.07, 6.45) is 21.5. The van der Waals surface area contributed by atoms with Gasteiger partial charge in [0, 0.05) is 0 Å². The molecule has 0 heterocycles. The van der Waals surface area contributed by atoms with Crippen LogP contribution in [0.5, 0.6) is 0 Å². The van der Waals surface area contributed by atoms with E-state index in [1.54, 1.807) is 39.8 Å². The molecule has 0 radical (unpaired) electrons. The normalized spacial score (nSPS) is 19.6. The Balaban J connectivity index is 0. The summed E-state index contributed by atoms with van der Waals surface area (Å²) in [5.74, 6) is 0. The maximum Gasteiger partial charge on any atom is 0.0877 e. The van der Waals surface area contributed by atoms with E-state index in [1.807, 2.05) is 27.7 Å². The number of allylic oxidation sites excluding steroid dienone is 8. The topological polar surface area (TPSA) is 162 Å². The van der Waals surface area contributed by atoms with E-state index in [1.165, 1.54) is 11.1 Å². The first-order valence-corrected chi connectivity index (χ1v) is 22.0. The van der Waals surface area contributed by atoms with Gasteiger partial charge in [-0.3, -0.25) is 0 Å². The monoisotopic (exact) mass is 821 g/mol. The number of hydrogen-bond donors (Lipinski definition) is 8. The van der Waals surface area contributed by atoms with Gasteiger partial charge in [0.05, 0.1) is 45.8 Å². The van der Waals surface area contributed by atoms with E-state index in [0.717, 1.165) is 36.8 Å². The highest BCUT2D eigenvalue weighted by Crippen LogP contribution is 2.29. The summed E-state index contributed by atoms with van der Waals surface area (Å²) in [7, 11) is 0. The van der Waals surface area contributed by atoms with Gasteiger partial charge in [-0.2, -0.15) is 0 Å². The van der Waals surface area contributed by atoms with Gasteiger partial charge >= 0.3 is 0 Å². The van der Waals surface area contributed by atoms with E-state index >= 15 is 0 Å². The average Bonchev–Trinajstić information content (AvgIpc) is 3.08. The number of aliphatic hydroxyl groups excluding tert-OH is 2. The van der Waals surface area contributed by atoms with Crippen LogP contribution < -0.4 is 0 Å². The van der Waals surface area contributed by atoms with Crippen LogP contribution in [0.3, 0.4) is 0 Å². The molecule has 0 aliphatic carbocycles. The van der Waals surface area contributed by atoms with Gasteiger partial charge in [-0.25, -0.2) is 0 Å². The first kappa shape index (κ1) is 58.2. The van der Waals surface area contributed by atoms with Crippen molar-refractivity contribution in [3.63, 3.8) is 0 Å². The van der Waals surface area contributed by atoms with Crippen molar-refractivity contribution in [3.8, 4) is 0 Å². The molecule has 58 heavy (non-hydrogen) atoms. The minimum Gasteiger partial charge on any atom is -0.390 e. The van der Waals surface area contributed by atoms with Crippen molar-refractivity contribution in [2.45, 2.75) is 244 Å². The Bertz CT molecular complexity index is 1170. The lowest BCUT2D eigenvalue weighted by Gasteiger charge is -2.31. The zero-order valence-corrected chi connectivity index (χ0v) is 39.3. The summed E-state index contributed by atoms with van der Waals surface area (Å²) in [6.45, 7) is 30.0. The molecule has 8 nitrogen and oxygen atoms in total. The molecule has 0 bridgehead atoms. The maximum atomic E-state index is 10.7. The molecule has 8 unspecified atom stereocenters. The van der Waals surface area contributed by atoms with Crippen molar-refractivity contribution < 1.29 is 40.9 Å². The predicted octanol–water partition coefficient (Wildman–Crippen LogP) is 10.4. The van der Waals surface area contributed by atoms with Gasteiger partial charge in [0.2, 0.25) is 0 Å². The Morgan fingerprint density at radius 1 is 0.448 bits per heavy atom. The smallest absolute Gasteiger partial charge is 0.0877 e. The van der Waals surface area contributed by atoms with Crippen LogP contribution >= 0.6 is 0 Å². The highest BCUT2D eigenvalue weighted by molar-refractivity contribution is 5.03. The third-order valence-corrected chi connectivity index (χ3v) is 11.5. The summed E-state index contributed by atoms with van der Waals surface area (Å²) in [5.41, 5.74) is -0.753. The summed E-state index contributed by atoms with van der Waals surface area (Å²) >= 11 is 0. The van der Waals surface area contributed by atoms with Crippen LogP contribution in [0.2, 0.25) is 0 Å². The highest BCUT2D eigenvalue weighted by Gasteiger charge is 2.32. The molecular formula is C50H92O8. The van der Waals surface area contributed by atoms with Gasteiger partial charge in [-0.1, -0.05) is 58.7 Å². The third kappa shape index (κ3) is 31.1. The minimum atomic E-state index is -1.16. The molecule has 8 N–H and O–H groups in total. The standard InChI is InChI=1S/2C25H46O4/c2*1-8-23(5,27)16-10-13-21(4)14-15-22(26)25(7,29)19-11-18-24(6,28)17-9-12-20(2)3/h2*8,12-13,22,26-29H,1,9-11,14-19H2,2-7H3/b2*21-13+. The lowest BCUT2D eigenvalue weighted by atomic mass is 9.85. The van der Waals surface area contributed by atoms with Crippen LogP contribution in [0.1, 0.15) is 199 Å². The first-order valence-electron chi connectivity index (χ1n) is 22.0. The van der Waals surface area contributed by atoms with Crippen LogP contribution in [0, 0.1) is 0 Å². The third-order valence-electron chi connectivity index (χ3n) is 11.5. The molecule has 0 aromatic heterocycles. The van der Waals surface area contributed by atoms with Gasteiger partial charge in [0.15, 0.2) is 0 Å². The van der Waals surface area contributed by atoms with Crippen molar-refractivity contribution >= 4 is 0 Å². The van der Waals surface area contributed by atoms with Crippen LogP contribution in [-0.4, -0.2) is 86.7 Å². The van der Waals surface area contributed by atoms with Crippen molar-refractivity contribution in [2.24, 2.45) is 0 Å². The van der Waals surface area contributed by atoms with Crippen molar-refractivity contribution in [3.05, 3.63) is 71.9 Å². The first-order chi connectivity index (χ1) is 26.4. The lowest BCUT2D eigenvalue weighted by Crippen LogP contribution is -2.39. The maximum absolute atomic E-state index is 10.7. The predicted molar refractivity (Wildman–Crippen MR) is 246 cm³/mol. The van der Waals surface area contributed by atoms with Gasteiger partial charge in [-0.05, 0) is 199 Å². The van der Waals surface area contributed by atoms with Crippen molar-refractivity contribution in [1.82, 2.24) is 0 Å². The summed E-state index contributed by atoms with van der Waals surface area (Å²) in [4.78, 5) is 0. The van der Waals surface area contributed by atoms with Gasteiger partial charge in [-0.15, -0.1) is 13.2 Å². The molecular weight excluding hydrogens is 729 g/mol. The molecule has 0 aromatic carbocycles. The van der Waals surface area contributed by atoms with Crippen molar-refractivity contribution in [1.29, 1.82) is 0 Å². The zero-order valence-electron chi connectivity index (χ0n) is 39.3. The summed E-state index contributed by atoms with van der Waals surface area (Å²) < 4.78 is 0. The molecule has 0 aliphatic heterocycles. The van der Waals surface area contributed by atoms with Crippen LogP contribution in [0.4, 0.5) is 0 Å². The van der Waals surface area contributed by atoms with Crippen LogP contribution in [-0.2, 0) is 0 Å². The largest absolute Gasteiger partial charge is 0.390 e. The fraction of sp³-hybridized carbons (Fsp3) is 0.760. The SMILES string of the molecule is C=CC(C)(O)CC/C=C(\C)CCC(O)C(C)(O)CCCC(C)(O)CCC=C(C)C.C=CC(C)(O)CC/C=C(\C)CCC(O)C(C)(O)CCCC(C)(O)CCC=C(C)C. The van der Waals surface area contributed by atoms with Crippen LogP contribution in [0.15, 0.2) is 71.9 Å². The number of aliphatic hydroxyl groups is 8. The van der Waals surface area contributed by atoms with E-state index in [0.29, 0.717) is 89.9 Å². The van der Waals surface area contributed by atoms with Gasteiger partial charge in [0.1, 0.15) is 0 Å². The molecule has 0 amide bonds. The molecule has 0 aliphatic rings. The van der Waals surface area contributed by atoms with Gasteiger partial charge < -0.3 is 40.9 Å². The molecule has 0 fully saturated rings. The molecule has 340 valence electrons. The second-order valence-electron chi connectivity index (χ2n) is 19.5. The summed E-state index contributed by atoms with van der Waals surface area (Å²) in [5, 5.41) is 83.0. The highest BCUT2D eigenvalue weighted by atomic mass is 16.3. The Morgan fingerprint density at radius 2 is 0.741 bits per heavy atom. The Kier molecular flexibility index (Phi) is 28.0.